The number of carbonyl (C=O) groups excluding carboxylic acids is 1. The van der Waals surface area contributed by atoms with Gasteiger partial charge < -0.3 is 11.1 Å². The van der Waals surface area contributed by atoms with Gasteiger partial charge in [-0.3, -0.25) is 4.79 Å². The van der Waals surface area contributed by atoms with E-state index < -0.39 is 0 Å². The first-order chi connectivity index (χ1) is 7.18. The number of nitrogens with one attached hydrogen (secondary N) is 1. The van der Waals surface area contributed by atoms with Crippen LogP contribution in [0.4, 0.5) is 5.82 Å². The summed E-state index contributed by atoms with van der Waals surface area (Å²) >= 11 is 0. The van der Waals surface area contributed by atoms with E-state index in [0.717, 1.165) is 5.92 Å². The van der Waals surface area contributed by atoms with E-state index in [1.165, 1.54) is 18.8 Å². The Kier molecular flexibility index (Phi) is 2.53. The molecule has 0 unspecified atom stereocenters. The van der Waals surface area contributed by atoms with E-state index in [1.807, 2.05) is 0 Å². The first kappa shape index (κ1) is 9.89. The number of hydrogen-bond acceptors (Lipinski definition) is 4. The maximum Gasteiger partial charge on any atom is 0.273 e. The van der Waals surface area contributed by atoms with Crippen LogP contribution in [0.25, 0.3) is 0 Å². The van der Waals surface area contributed by atoms with Gasteiger partial charge in [0, 0.05) is 18.9 Å². The monoisotopic (exact) mass is 206 g/mol. The first-order valence-corrected chi connectivity index (χ1v) is 5.03. The topological polar surface area (TPSA) is 80.9 Å². The third-order valence-electron chi connectivity index (χ3n) is 2.74. The molecule has 1 aromatic heterocycles. The maximum absolute atomic E-state index is 11.6. The molecular formula is C10H14N4O. The summed E-state index contributed by atoms with van der Waals surface area (Å²) in [6.45, 7) is 2.88. The third-order valence-corrected chi connectivity index (χ3v) is 2.74. The van der Waals surface area contributed by atoms with Crippen molar-refractivity contribution in [2.75, 3.05) is 12.3 Å². The fourth-order valence-electron chi connectivity index (χ4n) is 1.51. The van der Waals surface area contributed by atoms with Gasteiger partial charge in [-0.15, -0.1) is 0 Å². The maximum atomic E-state index is 11.6. The summed E-state index contributed by atoms with van der Waals surface area (Å²) in [5.74, 6) is 1.29. The Morgan fingerprint density at radius 1 is 1.60 bits per heavy atom. The van der Waals surface area contributed by atoms with E-state index in [0.29, 0.717) is 12.5 Å². The molecule has 1 aliphatic rings. The molecule has 0 saturated heterocycles. The van der Waals surface area contributed by atoms with E-state index in [2.05, 4.69) is 22.2 Å². The molecule has 0 spiro atoms. The molecule has 0 aromatic carbocycles. The molecule has 1 aromatic rings. The van der Waals surface area contributed by atoms with Crippen LogP contribution in [0.1, 0.15) is 23.8 Å². The van der Waals surface area contributed by atoms with Crippen molar-refractivity contribution in [1.29, 1.82) is 0 Å². The summed E-state index contributed by atoms with van der Waals surface area (Å²) in [5, 5.41) is 2.81. The van der Waals surface area contributed by atoms with Crippen molar-refractivity contribution in [2.45, 2.75) is 13.3 Å². The van der Waals surface area contributed by atoms with Gasteiger partial charge in [0.2, 0.25) is 0 Å². The fourth-order valence-corrected chi connectivity index (χ4v) is 1.51. The van der Waals surface area contributed by atoms with Crippen molar-refractivity contribution in [2.24, 2.45) is 11.8 Å². The van der Waals surface area contributed by atoms with Crippen molar-refractivity contribution >= 4 is 11.7 Å². The lowest BCUT2D eigenvalue weighted by molar-refractivity contribution is 0.0947. The van der Waals surface area contributed by atoms with E-state index in [4.69, 9.17) is 5.73 Å². The van der Waals surface area contributed by atoms with Crippen LogP contribution in [0.3, 0.4) is 0 Å². The van der Waals surface area contributed by atoms with Crippen LogP contribution in [0.5, 0.6) is 0 Å². The van der Waals surface area contributed by atoms with Gasteiger partial charge in [0.05, 0.1) is 0 Å². The van der Waals surface area contributed by atoms with Crippen LogP contribution in [0.15, 0.2) is 12.4 Å². The molecule has 80 valence electrons. The first-order valence-electron chi connectivity index (χ1n) is 5.03. The van der Waals surface area contributed by atoms with Gasteiger partial charge in [0.15, 0.2) is 11.5 Å². The molecule has 5 heteroatoms. The molecule has 0 bridgehead atoms. The molecule has 1 amide bonds. The van der Waals surface area contributed by atoms with Crippen LogP contribution in [0.2, 0.25) is 0 Å². The normalized spacial score (nSPS) is 23.5. The van der Waals surface area contributed by atoms with E-state index in [9.17, 15) is 4.79 Å². The van der Waals surface area contributed by atoms with Crippen molar-refractivity contribution in [1.82, 2.24) is 15.3 Å². The highest BCUT2D eigenvalue weighted by atomic mass is 16.1. The summed E-state index contributed by atoms with van der Waals surface area (Å²) in [4.78, 5) is 19.3. The van der Waals surface area contributed by atoms with Gasteiger partial charge in [0.1, 0.15) is 0 Å². The lowest BCUT2D eigenvalue weighted by atomic mass is 10.3. The second-order valence-electron chi connectivity index (χ2n) is 3.97. The highest BCUT2D eigenvalue weighted by Gasteiger charge is 2.32. The smallest absolute Gasteiger partial charge is 0.273 e. The summed E-state index contributed by atoms with van der Waals surface area (Å²) in [5.41, 5.74) is 5.75. The molecule has 0 radical (unpaired) electrons. The molecule has 1 fully saturated rings. The van der Waals surface area contributed by atoms with Crippen molar-refractivity contribution < 1.29 is 4.79 Å². The lowest BCUT2D eigenvalue weighted by Gasteiger charge is -2.04. The highest BCUT2D eigenvalue weighted by Crippen LogP contribution is 2.36. The van der Waals surface area contributed by atoms with E-state index in [-0.39, 0.29) is 17.4 Å². The largest absolute Gasteiger partial charge is 0.382 e. The number of aromatic nitrogens is 2. The minimum Gasteiger partial charge on any atom is -0.382 e. The fraction of sp³-hybridized carbons (Fsp3) is 0.500. The highest BCUT2D eigenvalue weighted by molar-refractivity contribution is 5.96. The van der Waals surface area contributed by atoms with Crippen molar-refractivity contribution in [3.05, 3.63) is 18.1 Å². The molecule has 3 N–H and O–H groups in total. The number of nitrogen functional groups attached to an aromatic ring is 1. The summed E-state index contributed by atoms with van der Waals surface area (Å²) in [6, 6.07) is 0. The number of amides is 1. The third kappa shape index (κ3) is 2.23. The molecule has 2 atom stereocenters. The minimum atomic E-state index is -0.236. The van der Waals surface area contributed by atoms with Crippen LogP contribution in [-0.2, 0) is 0 Å². The van der Waals surface area contributed by atoms with Crippen molar-refractivity contribution in [3.8, 4) is 0 Å². The summed E-state index contributed by atoms with van der Waals surface area (Å²) < 4.78 is 0. The molecule has 5 nitrogen and oxygen atoms in total. The predicted molar refractivity (Wildman–Crippen MR) is 56.0 cm³/mol. The Morgan fingerprint density at radius 3 is 2.87 bits per heavy atom. The van der Waals surface area contributed by atoms with Gasteiger partial charge in [-0.1, -0.05) is 6.92 Å². The van der Waals surface area contributed by atoms with Crippen LogP contribution in [0, 0.1) is 11.8 Å². The van der Waals surface area contributed by atoms with Crippen molar-refractivity contribution in [3.63, 3.8) is 0 Å². The summed E-state index contributed by atoms with van der Waals surface area (Å²) in [7, 11) is 0. The second kappa shape index (κ2) is 3.84. The molecule has 1 heterocycles. The quantitative estimate of drug-likeness (QED) is 0.752. The Bertz CT molecular complexity index is 379. The molecule has 1 saturated carbocycles. The average molecular weight is 206 g/mol. The standard InChI is InChI=1S/C10H14N4O/c1-6-4-7(6)5-14-10(15)8-9(11)13-3-2-12-8/h2-3,6-7H,4-5H2,1H3,(H2,11,13)(H,14,15)/t6-,7-/m0/s1. The Balaban J connectivity index is 1.93. The molecule has 2 rings (SSSR count). The molecule has 0 aliphatic heterocycles. The Morgan fingerprint density at radius 2 is 2.27 bits per heavy atom. The zero-order valence-electron chi connectivity index (χ0n) is 8.60. The van der Waals surface area contributed by atoms with E-state index >= 15 is 0 Å². The number of anilines is 1. The molecule has 15 heavy (non-hydrogen) atoms. The number of nitrogens with zero attached hydrogens (tertiary/aromatic N) is 2. The van der Waals surface area contributed by atoms with Crippen LogP contribution >= 0.6 is 0 Å². The van der Waals surface area contributed by atoms with Gasteiger partial charge in [-0.2, -0.15) is 0 Å². The number of nitrogens with two attached hydrogens (primary N) is 1. The minimum absolute atomic E-state index is 0.179. The van der Waals surface area contributed by atoms with Crippen LogP contribution in [-0.4, -0.2) is 22.4 Å². The second-order valence-corrected chi connectivity index (χ2v) is 3.97. The Hall–Kier alpha value is -1.65. The zero-order valence-corrected chi connectivity index (χ0v) is 8.60. The van der Waals surface area contributed by atoms with Gasteiger partial charge in [-0.05, 0) is 18.3 Å². The predicted octanol–water partition coefficient (Wildman–Crippen LogP) is 0.445. The molecule has 1 aliphatic carbocycles. The van der Waals surface area contributed by atoms with Gasteiger partial charge in [-0.25, -0.2) is 9.97 Å². The summed E-state index contributed by atoms with van der Waals surface area (Å²) in [6.07, 6.45) is 4.12. The lowest BCUT2D eigenvalue weighted by Crippen LogP contribution is -2.27. The number of hydrogen-bond donors (Lipinski definition) is 2. The van der Waals surface area contributed by atoms with Gasteiger partial charge in [0.25, 0.3) is 5.91 Å². The average Bonchev–Trinajstić information content (AvgIpc) is 2.92. The Labute approximate surface area is 88.1 Å². The van der Waals surface area contributed by atoms with E-state index in [1.54, 1.807) is 0 Å². The molecular weight excluding hydrogens is 192 g/mol. The zero-order chi connectivity index (χ0) is 10.8. The van der Waals surface area contributed by atoms with Gasteiger partial charge >= 0.3 is 0 Å². The SMILES string of the molecule is C[C@H]1C[C@H]1CNC(=O)c1nccnc1N. The van der Waals surface area contributed by atoms with Crippen LogP contribution < -0.4 is 11.1 Å². The number of rotatable bonds is 3. The number of carbonyl (C=O) groups is 1.